The molecule has 0 amide bonds. The van der Waals surface area contributed by atoms with E-state index in [-0.39, 0.29) is 36.6 Å². The van der Waals surface area contributed by atoms with E-state index in [0.29, 0.717) is 0 Å². The summed E-state index contributed by atoms with van der Waals surface area (Å²) in [5.41, 5.74) is -1.07. The molecule has 0 aromatic rings. The zero-order chi connectivity index (χ0) is 16.8. The first-order valence-electron chi connectivity index (χ1n) is 8.23. The predicted molar refractivity (Wildman–Crippen MR) is 90.9 cm³/mol. The van der Waals surface area contributed by atoms with Crippen molar-refractivity contribution in [3.8, 4) is 0 Å². The zero-order valence-electron chi connectivity index (χ0n) is 15.4. The summed E-state index contributed by atoms with van der Waals surface area (Å²) in [6.45, 7) is 16.6. The lowest BCUT2D eigenvalue weighted by molar-refractivity contribution is 0.00578. The van der Waals surface area contributed by atoms with Crippen molar-refractivity contribution in [1.82, 2.24) is 0 Å². The van der Waals surface area contributed by atoms with Crippen LogP contribution in [0.3, 0.4) is 0 Å². The molecule has 0 N–H and O–H groups in total. The van der Waals surface area contributed by atoms with E-state index < -0.39 is 0 Å². The highest BCUT2D eigenvalue weighted by molar-refractivity contribution is 6.47. The Hall–Kier alpha value is -0.290. The normalized spacial score (nSPS) is 28.7. The molecule has 2 aliphatic heterocycles. The highest BCUT2D eigenvalue weighted by Gasteiger charge is 2.51. The van der Waals surface area contributed by atoms with Crippen LogP contribution in [0.25, 0.3) is 0 Å². The lowest BCUT2D eigenvalue weighted by Gasteiger charge is -2.32. The molecule has 2 heterocycles. The fourth-order valence-electron chi connectivity index (χ4n) is 2.54. The van der Waals surface area contributed by atoms with Crippen LogP contribution in [0.5, 0.6) is 0 Å². The lowest BCUT2D eigenvalue weighted by Crippen LogP contribution is -2.41. The molecule has 2 rings (SSSR count). The Morgan fingerprint density at radius 2 is 0.773 bits per heavy atom. The van der Waals surface area contributed by atoms with Gasteiger partial charge in [-0.3, -0.25) is 0 Å². The molecule has 4 nitrogen and oxygen atoms in total. The van der Waals surface area contributed by atoms with Crippen LogP contribution in [-0.2, 0) is 18.6 Å². The molecule has 0 aliphatic carbocycles. The Bertz CT molecular complexity index is 371. The highest BCUT2D eigenvalue weighted by Crippen LogP contribution is 2.39. The van der Waals surface area contributed by atoms with Crippen molar-refractivity contribution in [2.45, 2.75) is 90.4 Å². The molecule has 2 saturated heterocycles. The van der Waals surface area contributed by atoms with Crippen LogP contribution in [0.1, 0.15) is 55.4 Å². The van der Waals surface area contributed by atoms with Gasteiger partial charge in [-0.1, -0.05) is 12.2 Å². The Kier molecular flexibility index (Phi) is 4.64. The van der Waals surface area contributed by atoms with E-state index in [1.54, 1.807) is 0 Å². The van der Waals surface area contributed by atoms with Gasteiger partial charge in [0.25, 0.3) is 0 Å². The van der Waals surface area contributed by atoms with Crippen LogP contribution in [0.15, 0.2) is 12.2 Å². The molecule has 0 saturated carbocycles. The Labute approximate surface area is 136 Å². The topological polar surface area (TPSA) is 36.9 Å². The second-order valence-corrected chi connectivity index (χ2v) is 8.31. The number of hydrogen-bond donors (Lipinski definition) is 0. The summed E-state index contributed by atoms with van der Waals surface area (Å²) in [7, 11) is -0.362. The average molecular weight is 308 g/mol. The van der Waals surface area contributed by atoms with Crippen LogP contribution in [0, 0.1) is 0 Å². The minimum absolute atomic E-state index is 0.181. The van der Waals surface area contributed by atoms with Crippen LogP contribution in [0.4, 0.5) is 0 Å². The van der Waals surface area contributed by atoms with Gasteiger partial charge in [-0.15, -0.1) is 0 Å². The molecule has 0 bridgehead atoms. The van der Waals surface area contributed by atoms with Crippen molar-refractivity contribution in [3.63, 3.8) is 0 Å². The molecular weight excluding hydrogens is 278 g/mol. The van der Waals surface area contributed by atoms with Crippen LogP contribution >= 0.6 is 0 Å². The molecule has 0 radical (unpaired) electrons. The SMILES string of the molecule is CC1(C)OB(C/C=C\CB2OC(C)(C)C(C)(C)O2)OC1(C)C. The summed E-state index contributed by atoms with van der Waals surface area (Å²) in [5.74, 6) is 0. The zero-order valence-corrected chi connectivity index (χ0v) is 15.4. The monoisotopic (exact) mass is 308 g/mol. The van der Waals surface area contributed by atoms with E-state index in [1.165, 1.54) is 0 Å². The molecule has 6 heteroatoms. The molecule has 2 fully saturated rings. The van der Waals surface area contributed by atoms with Crippen molar-refractivity contribution in [2.75, 3.05) is 0 Å². The first-order valence-corrected chi connectivity index (χ1v) is 8.23. The van der Waals surface area contributed by atoms with Gasteiger partial charge in [0.05, 0.1) is 22.4 Å². The van der Waals surface area contributed by atoms with Gasteiger partial charge < -0.3 is 18.6 Å². The predicted octanol–water partition coefficient (Wildman–Crippen LogP) is 3.73. The first kappa shape index (κ1) is 18.1. The molecule has 2 aliphatic rings. The molecule has 124 valence electrons. The first-order chi connectivity index (χ1) is 9.86. The van der Waals surface area contributed by atoms with Gasteiger partial charge >= 0.3 is 14.2 Å². The van der Waals surface area contributed by atoms with Gasteiger partial charge in [0, 0.05) is 12.6 Å². The third-order valence-corrected chi connectivity index (χ3v) is 5.43. The van der Waals surface area contributed by atoms with E-state index in [2.05, 4.69) is 67.5 Å². The minimum Gasteiger partial charge on any atom is -0.403 e. The summed E-state index contributed by atoms with van der Waals surface area (Å²) in [5, 5.41) is 0. The maximum atomic E-state index is 5.97. The van der Waals surface area contributed by atoms with E-state index in [0.717, 1.165) is 12.6 Å². The van der Waals surface area contributed by atoms with Gasteiger partial charge in [0.2, 0.25) is 0 Å². The van der Waals surface area contributed by atoms with Crippen LogP contribution < -0.4 is 0 Å². The average Bonchev–Trinajstić information content (AvgIpc) is 2.64. The van der Waals surface area contributed by atoms with Crippen molar-refractivity contribution in [3.05, 3.63) is 12.2 Å². The third kappa shape index (κ3) is 3.45. The van der Waals surface area contributed by atoms with Crippen molar-refractivity contribution in [1.29, 1.82) is 0 Å². The maximum Gasteiger partial charge on any atom is 0.461 e. The molecule has 0 spiro atoms. The van der Waals surface area contributed by atoms with Gasteiger partial charge in [-0.25, -0.2) is 0 Å². The largest absolute Gasteiger partial charge is 0.461 e. The number of allylic oxidation sites excluding steroid dienone is 2. The summed E-state index contributed by atoms with van der Waals surface area (Å²) in [6, 6.07) is 0. The molecular formula is C16H30B2O4. The highest BCUT2D eigenvalue weighted by atomic mass is 16.7. The van der Waals surface area contributed by atoms with E-state index in [4.69, 9.17) is 18.6 Å². The van der Waals surface area contributed by atoms with Gasteiger partial charge in [-0.2, -0.15) is 0 Å². The van der Waals surface area contributed by atoms with E-state index >= 15 is 0 Å². The van der Waals surface area contributed by atoms with Crippen LogP contribution in [0.2, 0.25) is 12.6 Å². The van der Waals surface area contributed by atoms with Gasteiger partial charge in [0.1, 0.15) is 0 Å². The third-order valence-electron chi connectivity index (χ3n) is 5.43. The molecule has 0 aromatic heterocycles. The summed E-state index contributed by atoms with van der Waals surface area (Å²) >= 11 is 0. The Morgan fingerprint density at radius 1 is 0.545 bits per heavy atom. The van der Waals surface area contributed by atoms with E-state index in [1.807, 2.05) is 0 Å². The summed E-state index contributed by atoms with van der Waals surface area (Å²) < 4.78 is 23.9. The van der Waals surface area contributed by atoms with Gasteiger partial charge in [-0.05, 0) is 55.4 Å². The Morgan fingerprint density at radius 3 is 1.00 bits per heavy atom. The van der Waals surface area contributed by atoms with Crippen LogP contribution in [-0.4, -0.2) is 36.6 Å². The van der Waals surface area contributed by atoms with Crippen molar-refractivity contribution in [2.24, 2.45) is 0 Å². The molecule has 0 aromatic carbocycles. The minimum atomic E-state index is -0.267. The second kappa shape index (κ2) is 5.66. The van der Waals surface area contributed by atoms with Crippen molar-refractivity contribution >= 4 is 14.2 Å². The fraction of sp³-hybridized carbons (Fsp3) is 0.875. The number of hydrogen-bond acceptors (Lipinski definition) is 4. The quantitative estimate of drug-likeness (QED) is 0.586. The molecule has 22 heavy (non-hydrogen) atoms. The maximum absolute atomic E-state index is 5.97. The standard InChI is InChI=1S/C16H30B2O4/c1-13(2)14(3,4)20-17(19-13)11-9-10-12-18-21-15(5,6)16(7,8)22-18/h9-10H,11-12H2,1-8H3/b10-9-. The number of rotatable bonds is 4. The molecule has 0 unspecified atom stereocenters. The smallest absolute Gasteiger partial charge is 0.403 e. The van der Waals surface area contributed by atoms with E-state index in [9.17, 15) is 0 Å². The summed E-state index contributed by atoms with van der Waals surface area (Å²) in [6.07, 6.45) is 5.67. The fourth-order valence-corrected chi connectivity index (χ4v) is 2.54. The second-order valence-electron chi connectivity index (χ2n) is 8.31. The molecule has 0 atom stereocenters. The lowest BCUT2D eigenvalue weighted by atomic mass is 9.81. The van der Waals surface area contributed by atoms with Crippen molar-refractivity contribution < 1.29 is 18.6 Å². The summed E-state index contributed by atoms with van der Waals surface area (Å²) in [4.78, 5) is 0. The van der Waals surface area contributed by atoms with Gasteiger partial charge in [0.15, 0.2) is 0 Å². The Balaban J connectivity index is 1.79.